The molecule has 1 atom stereocenters. The maximum Gasteiger partial charge on any atom is 0.229 e. The molecule has 7 heteroatoms. The van der Waals surface area contributed by atoms with Crippen LogP contribution < -0.4 is 10.2 Å². The molecule has 1 aliphatic rings. The second-order valence-corrected chi connectivity index (χ2v) is 6.99. The Kier molecular flexibility index (Phi) is 5.12. The average molecular weight is 392 g/mol. The van der Waals surface area contributed by atoms with Crippen molar-refractivity contribution < 1.29 is 14.0 Å². The lowest BCUT2D eigenvalue weighted by atomic mass is 10.1. The molecule has 1 saturated heterocycles. The number of anilines is 2. The standard InChI is InChI=1S/C22H21FN4O2/c1-2-15-6-3-4-7-19(15)26-14-16(12-21(26)28)22(29)25-17-8-9-20(18(23)13-17)27-11-5-10-24-27/h3-11,13,16H,2,12,14H2,1H3,(H,25,29). The number of rotatable bonds is 5. The number of carbonyl (C=O) groups is 2. The van der Waals surface area contributed by atoms with Crippen molar-refractivity contribution >= 4 is 23.2 Å². The Morgan fingerprint density at radius 1 is 1.21 bits per heavy atom. The van der Waals surface area contributed by atoms with Crippen LogP contribution in [0.4, 0.5) is 15.8 Å². The highest BCUT2D eigenvalue weighted by Gasteiger charge is 2.35. The fourth-order valence-corrected chi connectivity index (χ4v) is 3.62. The third-order valence-corrected chi connectivity index (χ3v) is 5.13. The quantitative estimate of drug-likeness (QED) is 0.722. The van der Waals surface area contributed by atoms with Gasteiger partial charge in [-0.2, -0.15) is 5.10 Å². The summed E-state index contributed by atoms with van der Waals surface area (Å²) in [6, 6.07) is 13.9. The first kappa shape index (κ1) is 18.9. The van der Waals surface area contributed by atoms with Crippen LogP contribution in [0.25, 0.3) is 5.69 Å². The van der Waals surface area contributed by atoms with Gasteiger partial charge in [-0.1, -0.05) is 25.1 Å². The minimum absolute atomic E-state index is 0.0775. The first-order chi connectivity index (χ1) is 14.1. The van der Waals surface area contributed by atoms with Crippen LogP contribution in [0, 0.1) is 11.7 Å². The molecule has 2 amide bonds. The predicted octanol–water partition coefficient (Wildman–Crippen LogP) is 3.57. The van der Waals surface area contributed by atoms with Crippen LogP contribution >= 0.6 is 0 Å². The van der Waals surface area contributed by atoms with Gasteiger partial charge in [0.05, 0.1) is 5.92 Å². The highest BCUT2D eigenvalue weighted by Crippen LogP contribution is 2.29. The molecule has 0 saturated carbocycles. The highest BCUT2D eigenvalue weighted by molar-refractivity contribution is 6.03. The van der Waals surface area contributed by atoms with E-state index in [4.69, 9.17) is 0 Å². The second-order valence-electron chi connectivity index (χ2n) is 6.99. The summed E-state index contributed by atoms with van der Waals surface area (Å²) in [5.41, 5.74) is 2.57. The lowest BCUT2D eigenvalue weighted by Gasteiger charge is -2.20. The topological polar surface area (TPSA) is 67.2 Å². The molecule has 2 heterocycles. The summed E-state index contributed by atoms with van der Waals surface area (Å²) in [6.45, 7) is 2.35. The number of benzene rings is 2. The third kappa shape index (κ3) is 3.76. The minimum atomic E-state index is -0.493. The summed E-state index contributed by atoms with van der Waals surface area (Å²) < 4.78 is 15.8. The number of carbonyl (C=O) groups excluding carboxylic acids is 2. The molecule has 0 aliphatic carbocycles. The van der Waals surface area contributed by atoms with E-state index in [1.807, 2.05) is 31.2 Å². The number of nitrogens with one attached hydrogen (secondary N) is 1. The fourth-order valence-electron chi connectivity index (χ4n) is 3.62. The Balaban J connectivity index is 1.47. The second kappa shape index (κ2) is 7.87. The van der Waals surface area contributed by atoms with E-state index in [1.54, 1.807) is 35.5 Å². The molecule has 148 valence electrons. The molecule has 6 nitrogen and oxygen atoms in total. The highest BCUT2D eigenvalue weighted by atomic mass is 19.1. The normalized spacial score (nSPS) is 16.3. The van der Waals surface area contributed by atoms with E-state index in [1.165, 1.54) is 10.7 Å². The number of para-hydroxylation sites is 1. The van der Waals surface area contributed by atoms with Gasteiger partial charge >= 0.3 is 0 Å². The molecule has 0 spiro atoms. The van der Waals surface area contributed by atoms with E-state index in [9.17, 15) is 14.0 Å². The van der Waals surface area contributed by atoms with Gasteiger partial charge in [-0.3, -0.25) is 9.59 Å². The van der Waals surface area contributed by atoms with Crippen molar-refractivity contribution in [3.8, 4) is 5.69 Å². The Morgan fingerprint density at radius 2 is 2.03 bits per heavy atom. The Morgan fingerprint density at radius 3 is 2.76 bits per heavy atom. The molecule has 3 aromatic rings. The number of aryl methyl sites for hydroxylation is 1. The average Bonchev–Trinajstić information content (AvgIpc) is 3.38. The zero-order valence-corrected chi connectivity index (χ0v) is 16.0. The Bertz CT molecular complexity index is 1050. The monoisotopic (exact) mass is 392 g/mol. The van der Waals surface area contributed by atoms with Gasteiger partial charge in [0.1, 0.15) is 5.69 Å². The zero-order valence-electron chi connectivity index (χ0n) is 16.0. The lowest BCUT2D eigenvalue weighted by molar-refractivity contribution is -0.122. The largest absolute Gasteiger partial charge is 0.326 e. The smallest absolute Gasteiger partial charge is 0.229 e. The van der Waals surface area contributed by atoms with Crippen molar-refractivity contribution in [1.82, 2.24) is 9.78 Å². The SMILES string of the molecule is CCc1ccccc1N1CC(C(=O)Nc2ccc(-n3cccn3)c(F)c2)CC1=O. The molecule has 1 unspecified atom stereocenters. The van der Waals surface area contributed by atoms with E-state index in [0.717, 1.165) is 17.7 Å². The number of hydrogen-bond acceptors (Lipinski definition) is 3. The Labute approximate surface area is 167 Å². The number of halogens is 1. The molecule has 1 aliphatic heterocycles. The molecular formula is C22H21FN4O2. The van der Waals surface area contributed by atoms with E-state index < -0.39 is 11.7 Å². The van der Waals surface area contributed by atoms with Crippen LogP contribution in [0.15, 0.2) is 60.9 Å². The predicted molar refractivity (Wildman–Crippen MR) is 108 cm³/mol. The Hall–Kier alpha value is -3.48. The molecule has 0 bridgehead atoms. The molecule has 2 aromatic carbocycles. The number of amides is 2. The zero-order chi connectivity index (χ0) is 20.4. The van der Waals surface area contributed by atoms with Crippen LogP contribution in [-0.2, 0) is 16.0 Å². The van der Waals surface area contributed by atoms with Crippen molar-refractivity contribution in [2.24, 2.45) is 5.92 Å². The van der Waals surface area contributed by atoms with Crippen LogP contribution in [0.2, 0.25) is 0 Å². The molecular weight excluding hydrogens is 371 g/mol. The maximum atomic E-state index is 14.4. The van der Waals surface area contributed by atoms with Gasteiger partial charge < -0.3 is 10.2 Å². The van der Waals surface area contributed by atoms with Gasteiger partial charge in [0.15, 0.2) is 5.82 Å². The first-order valence-corrected chi connectivity index (χ1v) is 9.55. The van der Waals surface area contributed by atoms with Crippen molar-refractivity contribution in [3.05, 3.63) is 72.3 Å². The summed E-state index contributed by atoms with van der Waals surface area (Å²) in [5, 5.41) is 6.74. The van der Waals surface area contributed by atoms with Crippen molar-refractivity contribution in [2.45, 2.75) is 19.8 Å². The number of aromatic nitrogens is 2. The van der Waals surface area contributed by atoms with Gasteiger partial charge in [-0.15, -0.1) is 0 Å². The van der Waals surface area contributed by atoms with Crippen LogP contribution in [0.1, 0.15) is 18.9 Å². The van der Waals surface area contributed by atoms with Crippen molar-refractivity contribution in [1.29, 1.82) is 0 Å². The summed E-state index contributed by atoms with van der Waals surface area (Å²) >= 11 is 0. The molecule has 0 radical (unpaired) electrons. The van der Waals surface area contributed by atoms with Crippen LogP contribution in [-0.4, -0.2) is 28.1 Å². The summed E-state index contributed by atoms with van der Waals surface area (Å²) in [6.07, 6.45) is 4.15. The number of hydrogen-bond donors (Lipinski definition) is 1. The van der Waals surface area contributed by atoms with E-state index >= 15 is 0 Å². The number of nitrogens with zero attached hydrogens (tertiary/aromatic N) is 3. The molecule has 1 fully saturated rings. The summed E-state index contributed by atoms with van der Waals surface area (Å²) in [5.74, 6) is -1.35. The molecule has 1 aromatic heterocycles. The van der Waals surface area contributed by atoms with Gasteiger partial charge in [0, 0.05) is 36.7 Å². The fraction of sp³-hybridized carbons (Fsp3) is 0.227. The van der Waals surface area contributed by atoms with E-state index in [-0.39, 0.29) is 18.2 Å². The van der Waals surface area contributed by atoms with Gasteiger partial charge in [0.2, 0.25) is 11.8 Å². The molecule has 4 rings (SSSR count). The maximum absolute atomic E-state index is 14.4. The first-order valence-electron chi connectivity index (χ1n) is 9.55. The van der Waals surface area contributed by atoms with Gasteiger partial charge in [0.25, 0.3) is 0 Å². The van der Waals surface area contributed by atoms with Crippen LogP contribution in [0.5, 0.6) is 0 Å². The molecule has 1 N–H and O–H groups in total. The van der Waals surface area contributed by atoms with Crippen molar-refractivity contribution in [3.63, 3.8) is 0 Å². The third-order valence-electron chi connectivity index (χ3n) is 5.13. The summed E-state index contributed by atoms with van der Waals surface area (Å²) in [7, 11) is 0. The van der Waals surface area contributed by atoms with Crippen molar-refractivity contribution in [2.75, 3.05) is 16.8 Å². The van der Waals surface area contributed by atoms with E-state index in [2.05, 4.69) is 10.4 Å². The minimum Gasteiger partial charge on any atom is -0.326 e. The molecule has 29 heavy (non-hydrogen) atoms. The lowest BCUT2D eigenvalue weighted by Crippen LogP contribution is -2.28. The van der Waals surface area contributed by atoms with Gasteiger partial charge in [-0.05, 0) is 42.3 Å². The van der Waals surface area contributed by atoms with E-state index in [0.29, 0.717) is 17.9 Å². The summed E-state index contributed by atoms with van der Waals surface area (Å²) in [4.78, 5) is 26.9. The van der Waals surface area contributed by atoms with Gasteiger partial charge in [-0.25, -0.2) is 9.07 Å². The van der Waals surface area contributed by atoms with Crippen LogP contribution in [0.3, 0.4) is 0 Å².